The summed E-state index contributed by atoms with van der Waals surface area (Å²) in [5, 5.41) is 3.02. The van der Waals surface area contributed by atoms with Crippen LogP contribution in [0.25, 0.3) is 11.0 Å². The van der Waals surface area contributed by atoms with Gasteiger partial charge in [-0.3, -0.25) is 9.59 Å². The van der Waals surface area contributed by atoms with Crippen LogP contribution >= 0.6 is 0 Å². The van der Waals surface area contributed by atoms with Crippen molar-refractivity contribution in [3.8, 4) is 0 Å². The molecule has 1 aliphatic rings. The van der Waals surface area contributed by atoms with Gasteiger partial charge in [0.25, 0.3) is 0 Å². The molecule has 2 amide bonds. The lowest BCUT2D eigenvalue weighted by molar-refractivity contribution is -0.129. The molecule has 2 heterocycles. The molecule has 0 unspecified atom stereocenters. The Labute approximate surface area is 167 Å². The van der Waals surface area contributed by atoms with E-state index in [4.69, 9.17) is 4.98 Å². The van der Waals surface area contributed by atoms with E-state index in [0.29, 0.717) is 31.5 Å². The zero-order chi connectivity index (χ0) is 20.3. The Kier molecular flexibility index (Phi) is 6.37. The van der Waals surface area contributed by atoms with E-state index in [1.54, 1.807) is 0 Å². The van der Waals surface area contributed by atoms with E-state index in [9.17, 15) is 9.59 Å². The average molecular weight is 385 g/mol. The van der Waals surface area contributed by atoms with Crippen LogP contribution in [0.15, 0.2) is 24.3 Å². The van der Waals surface area contributed by atoms with Crippen LogP contribution in [-0.4, -0.2) is 45.9 Å². The predicted molar refractivity (Wildman–Crippen MR) is 111 cm³/mol. The fourth-order valence-electron chi connectivity index (χ4n) is 4.01. The molecule has 0 bridgehead atoms. The van der Waals surface area contributed by atoms with Crippen molar-refractivity contribution in [1.82, 2.24) is 19.8 Å². The minimum Gasteiger partial charge on any atom is -0.356 e. The lowest BCUT2D eigenvalue weighted by Crippen LogP contribution is -2.34. The van der Waals surface area contributed by atoms with Crippen LogP contribution in [0.5, 0.6) is 0 Å². The van der Waals surface area contributed by atoms with Crippen molar-refractivity contribution in [2.75, 3.05) is 19.6 Å². The normalized spacial score (nSPS) is 17.3. The number of aryl methyl sites for hydroxylation is 1. The first-order valence-electron chi connectivity index (χ1n) is 10.4. The van der Waals surface area contributed by atoms with Gasteiger partial charge in [0, 0.05) is 38.5 Å². The third-order valence-corrected chi connectivity index (χ3v) is 5.23. The highest BCUT2D eigenvalue weighted by Gasteiger charge is 2.34. The van der Waals surface area contributed by atoms with Gasteiger partial charge in [-0.2, -0.15) is 0 Å². The van der Waals surface area contributed by atoms with E-state index >= 15 is 0 Å². The molecule has 2 aromatic rings. The van der Waals surface area contributed by atoms with Crippen molar-refractivity contribution < 1.29 is 9.59 Å². The third kappa shape index (κ3) is 4.54. The smallest absolute Gasteiger partial charge is 0.225 e. The maximum Gasteiger partial charge on any atom is 0.225 e. The molecule has 1 N–H and O–H groups in total. The van der Waals surface area contributed by atoms with Gasteiger partial charge in [0.15, 0.2) is 0 Å². The Morgan fingerprint density at radius 2 is 2.00 bits per heavy atom. The van der Waals surface area contributed by atoms with E-state index < -0.39 is 0 Å². The molecule has 6 nitrogen and oxygen atoms in total. The van der Waals surface area contributed by atoms with Gasteiger partial charge in [-0.1, -0.05) is 26.0 Å². The number of para-hydroxylation sites is 2. The monoisotopic (exact) mass is 384 g/mol. The standard InChI is InChI=1S/C22H32N4O2/c1-15(2)13-25-14-17(12-21(25)27)22(28)23-11-7-10-20-24-18-8-5-6-9-19(18)26(20)16(3)4/h5-6,8-9,15-17H,7,10-14H2,1-4H3,(H,23,28)/t17-/m1/s1. The van der Waals surface area contributed by atoms with E-state index in [2.05, 4.69) is 43.6 Å². The number of hydrogen-bond donors (Lipinski definition) is 1. The van der Waals surface area contributed by atoms with Crippen LogP contribution < -0.4 is 5.32 Å². The average Bonchev–Trinajstić information content (AvgIpc) is 3.18. The van der Waals surface area contributed by atoms with Crippen molar-refractivity contribution in [3.05, 3.63) is 30.1 Å². The molecule has 1 aromatic carbocycles. The Balaban J connectivity index is 1.51. The topological polar surface area (TPSA) is 67.2 Å². The minimum atomic E-state index is -0.216. The molecule has 0 aliphatic carbocycles. The Morgan fingerprint density at radius 3 is 2.71 bits per heavy atom. The summed E-state index contributed by atoms with van der Waals surface area (Å²) in [6.07, 6.45) is 1.98. The number of likely N-dealkylation sites (tertiary alicyclic amines) is 1. The highest BCUT2D eigenvalue weighted by atomic mass is 16.2. The third-order valence-electron chi connectivity index (χ3n) is 5.23. The van der Waals surface area contributed by atoms with Gasteiger partial charge < -0.3 is 14.8 Å². The van der Waals surface area contributed by atoms with E-state index in [1.165, 1.54) is 0 Å². The first-order chi connectivity index (χ1) is 13.4. The SMILES string of the molecule is CC(C)CN1C[C@H](C(=O)NCCCc2nc3ccccc3n2C(C)C)CC1=O. The number of aromatic nitrogens is 2. The zero-order valence-electron chi connectivity index (χ0n) is 17.4. The van der Waals surface area contributed by atoms with Crippen LogP contribution in [-0.2, 0) is 16.0 Å². The van der Waals surface area contributed by atoms with E-state index in [-0.39, 0.29) is 17.7 Å². The second-order valence-electron chi connectivity index (χ2n) is 8.47. The van der Waals surface area contributed by atoms with Gasteiger partial charge in [0.2, 0.25) is 11.8 Å². The first kappa shape index (κ1) is 20.4. The van der Waals surface area contributed by atoms with Crippen LogP contribution in [0.1, 0.15) is 52.4 Å². The summed E-state index contributed by atoms with van der Waals surface area (Å²) in [7, 11) is 0. The zero-order valence-corrected chi connectivity index (χ0v) is 17.4. The number of nitrogens with zero attached hydrogens (tertiary/aromatic N) is 3. The Morgan fingerprint density at radius 1 is 1.25 bits per heavy atom. The van der Waals surface area contributed by atoms with Gasteiger partial charge in [-0.25, -0.2) is 4.98 Å². The molecule has 0 radical (unpaired) electrons. The number of carbonyl (C=O) groups is 2. The van der Waals surface area contributed by atoms with Gasteiger partial charge in [-0.05, 0) is 38.3 Å². The van der Waals surface area contributed by atoms with Crippen LogP contribution in [0.2, 0.25) is 0 Å². The number of fused-ring (bicyclic) bond motifs is 1. The molecule has 152 valence electrons. The second kappa shape index (κ2) is 8.76. The summed E-state index contributed by atoms with van der Waals surface area (Å²) < 4.78 is 2.27. The highest BCUT2D eigenvalue weighted by molar-refractivity contribution is 5.89. The molecular formula is C22H32N4O2. The van der Waals surface area contributed by atoms with Crippen LogP contribution in [0.3, 0.4) is 0 Å². The molecule has 1 aliphatic heterocycles. The fourth-order valence-corrected chi connectivity index (χ4v) is 4.01. The summed E-state index contributed by atoms with van der Waals surface area (Å²) in [6.45, 7) is 10.4. The number of hydrogen-bond acceptors (Lipinski definition) is 3. The Hall–Kier alpha value is -2.37. The summed E-state index contributed by atoms with van der Waals surface area (Å²) in [5.41, 5.74) is 2.18. The lowest BCUT2D eigenvalue weighted by Gasteiger charge is -2.18. The molecule has 6 heteroatoms. The van der Waals surface area contributed by atoms with Crippen LogP contribution in [0, 0.1) is 11.8 Å². The predicted octanol–water partition coefficient (Wildman–Crippen LogP) is 3.17. The number of rotatable bonds is 8. The van der Waals surface area contributed by atoms with Gasteiger partial charge in [-0.15, -0.1) is 0 Å². The summed E-state index contributed by atoms with van der Waals surface area (Å²) in [5.74, 6) is 1.36. The molecule has 3 rings (SSSR count). The minimum absolute atomic E-state index is 0.00281. The molecular weight excluding hydrogens is 352 g/mol. The van der Waals surface area contributed by atoms with Crippen molar-refractivity contribution >= 4 is 22.8 Å². The number of amides is 2. The van der Waals surface area contributed by atoms with Crippen molar-refractivity contribution in [2.24, 2.45) is 11.8 Å². The number of carbonyl (C=O) groups excluding carboxylic acids is 2. The van der Waals surface area contributed by atoms with Gasteiger partial charge in [0.05, 0.1) is 17.0 Å². The maximum atomic E-state index is 12.4. The fraction of sp³-hybridized carbons (Fsp3) is 0.591. The molecule has 28 heavy (non-hydrogen) atoms. The van der Waals surface area contributed by atoms with Crippen LogP contribution in [0.4, 0.5) is 0 Å². The lowest BCUT2D eigenvalue weighted by atomic mass is 10.1. The first-order valence-corrected chi connectivity index (χ1v) is 10.4. The summed E-state index contributed by atoms with van der Waals surface area (Å²) in [4.78, 5) is 31.1. The molecule has 1 atom stereocenters. The molecule has 1 fully saturated rings. The highest BCUT2D eigenvalue weighted by Crippen LogP contribution is 2.22. The molecule has 1 aromatic heterocycles. The van der Waals surface area contributed by atoms with Crippen molar-refractivity contribution in [3.63, 3.8) is 0 Å². The Bertz CT molecular complexity index is 840. The van der Waals surface area contributed by atoms with Crippen molar-refractivity contribution in [1.29, 1.82) is 0 Å². The van der Waals surface area contributed by atoms with E-state index in [0.717, 1.165) is 36.2 Å². The summed E-state index contributed by atoms with van der Waals surface area (Å²) >= 11 is 0. The molecule has 0 saturated carbocycles. The molecule has 1 saturated heterocycles. The van der Waals surface area contributed by atoms with Crippen molar-refractivity contribution in [2.45, 2.75) is 53.0 Å². The second-order valence-corrected chi connectivity index (χ2v) is 8.47. The number of nitrogens with one attached hydrogen (secondary N) is 1. The number of benzene rings is 1. The maximum absolute atomic E-state index is 12.4. The largest absolute Gasteiger partial charge is 0.356 e. The number of imidazole rings is 1. The van der Waals surface area contributed by atoms with E-state index in [1.807, 2.05) is 23.1 Å². The molecule has 0 spiro atoms. The summed E-state index contributed by atoms with van der Waals surface area (Å²) in [6, 6.07) is 8.54. The quantitative estimate of drug-likeness (QED) is 0.711. The van der Waals surface area contributed by atoms with Gasteiger partial charge in [0.1, 0.15) is 5.82 Å². The van der Waals surface area contributed by atoms with Gasteiger partial charge >= 0.3 is 0 Å².